The molecule has 1 aromatic carbocycles. The van der Waals surface area contributed by atoms with E-state index in [1.165, 1.54) is 0 Å². The maximum absolute atomic E-state index is 12.5. The summed E-state index contributed by atoms with van der Waals surface area (Å²) in [5.41, 5.74) is 3.74. The number of aryl methyl sites for hydroxylation is 1. The lowest BCUT2D eigenvalue weighted by Gasteiger charge is -2.28. The lowest BCUT2D eigenvalue weighted by Crippen LogP contribution is -2.36. The number of thiophene rings is 1. The molecule has 5 nitrogen and oxygen atoms in total. The van der Waals surface area contributed by atoms with Gasteiger partial charge >= 0.3 is 0 Å². The van der Waals surface area contributed by atoms with Crippen LogP contribution in [0.25, 0.3) is 10.2 Å². The molecule has 0 unspecified atom stereocenters. The highest BCUT2D eigenvalue weighted by Gasteiger charge is 2.15. The van der Waals surface area contributed by atoms with Gasteiger partial charge in [-0.2, -0.15) is 0 Å². The highest BCUT2D eigenvalue weighted by Crippen LogP contribution is 2.25. The van der Waals surface area contributed by atoms with E-state index in [-0.39, 0.29) is 5.91 Å². The van der Waals surface area contributed by atoms with Gasteiger partial charge in [-0.15, -0.1) is 11.3 Å². The van der Waals surface area contributed by atoms with Gasteiger partial charge in [-0.05, 0) is 41.8 Å². The van der Waals surface area contributed by atoms with Crippen LogP contribution in [-0.2, 0) is 11.8 Å². The summed E-state index contributed by atoms with van der Waals surface area (Å²) >= 11 is 1.65. The van der Waals surface area contributed by atoms with Crippen LogP contribution in [0.2, 0.25) is 0 Å². The van der Waals surface area contributed by atoms with Crippen LogP contribution < -0.4 is 10.2 Å². The molecular weight excluding hydrogens is 322 g/mol. The highest BCUT2D eigenvalue weighted by molar-refractivity contribution is 7.17. The monoisotopic (exact) mass is 341 g/mol. The minimum atomic E-state index is -0.0833. The average molecular weight is 341 g/mol. The zero-order valence-electron chi connectivity index (χ0n) is 13.5. The topological polar surface area (TPSA) is 46.5 Å². The van der Waals surface area contributed by atoms with Crippen molar-refractivity contribution in [2.24, 2.45) is 7.05 Å². The first-order chi connectivity index (χ1) is 11.7. The number of carbonyl (C=O) groups excluding carboxylic acids is 1. The zero-order chi connectivity index (χ0) is 16.5. The number of benzene rings is 1. The lowest BCUT2D eigenvalue weighted by molar-refractivity contribution is 0.102. The maximum atomic E-state index is 12.5. The number of carbonyl (C=O) groups is 1. The smallest absolute Gasteiger partial charge is 0.272 e. The number of morpholine rings is 1. The molecule has 0 aliphatic carbocycles. The van der Waals surface area contributed by atoms with Gasteiger partial charge < -0.3 is 19.5 Å². The number of hydrogen-bond donors (Lipinski definition) is 1. The van der Waals surface area contributed by atoms with Crippen molar-refractivity contribution in [2.75, 3.05) is 36.5 Å². The van der Waals surface area contributed by atoms with Crippen molar-refractivity contribution in [1.29, 1.82) is 0 Å². The van der Waals surface area contributed by atoms with Crippen molar-refractivity contribution in [3.8, 4) is 0 Å². The first-order valence-electron chi connectivity index (χ1n) is 7.99. The molecule has 0 atom stereocenters. The predicted molar refractivity (Wildman–Crippen MR) is 98.2 cm³/mol. The second-order valence-corrected chi connectivity index (χ2v) is 6.81. The number of aromatic nitrogens is 1. The molecule has 124 valence electrons. The van der Waals surface area contributed by atoms with E-state index in [1.54, 1.807) is 11.3 Å². The van der Waals surface area contributed by atoms with Crippen LogP contribution in [0.15, 0.2) is 41.8 Å². The van der Waals surface area contributed by atoms with Crippen molar-refractivity contribution in [2.45, 2.75) is 0 Å². The van der Waals surface area contributed by atoms with E-state index >= 15 is 0 Å². The second kappa shape index (κ2) is 6.30. The molecule has 0 bridgehead atoms. The number of amides is 1. The Morgan fingerprint density at radius 3 is 2.62 bits per heavy atom. The first-order valence-corrected chi connectivity index (χ1v) is 8.87. The number of anilines is 2. The molecule has 1 aliphatic heterocycles. The summed E-state index contributed by atoms with van der Waals surface area (Å²) in [5.74, 6) is -0.0833. The largest absolute Gasteiger partial charge is 0.378 e. The Hall–Kier alpha value is -2.31. The summed E-state index contributed by atoms with van der Waals surface area (Å²) in [6.07, 6.45) is 0. The molecule has 1 fully saturated rings. The molecule has 2 aromatic heterocycles. The van der Waals surface area contributed by atoms with Gasteiger partial charge in [0.05, 0.1) is 23.4 Å². The Labute approximate surface area is 144 Å². The Bertz CT molecular complexity index is 860. The molecule has 1 N–H and O–H groups in total. The average Bonchev–Trinajstić information content (AvgIpc) is 3.20. The molecule has 6 heteroatoms. The Morgan fingerprint density at radius 2 is 1.92 bits per heavy atom. The van der Waals surface area contributed by atoms with Crippen LogP contribution in [0.1, 0.15) is 10.5 Å². The maximum Gasteiger partial charge on any atom is 0.272 e. The van der Waals surface area contributed by atoms with Gasteiger partial charge in [-0.3, -0.25) is 4.79 Å². The first kappa shape index (κ1) is 15.2. The molecule has 3 heterocycles. The third kappa shape index (κ3) is 2.79. The Morgan fingerprint density at radius 1 is 1.17 bits per heavy atom. The molecule has 1 aliphatic rings. The van der Waals surface area contributed by atoms with Crippen molar-refractivity contribution in [3.05, 3.63) is 47.5 Å². The van der Waals surface area contributed by atoms with Crippen LogP contribution in [0.3, 0.4) is 0 Å². The molecule has 0 saturated carbocycles. The van der Waals surface area contributed by atoms with E-state index in [1.807, 2.05) is 53.4 Å². The van der Waals surface area contributed by atoms with E-state index in [4.69, 9.17) is 4.74 Å². The van der Waals surface area contributed by atoms with Crippen LogP contribution in [0.4, 0.5) is 11.4 Å². The second-order valence-electron chi connectivity index (χ2n) is 5.86. The standard InChI is InChI=1S/C18H19N3O2S/c1-20-15-6-11-24-17(15)12-16(20)18(22)19-13-2-4-14(5-3-13)21-7-9-23-10-8-21/h2-6,11-12H,7-10H2,1H3,(H,19,22). The summed E-state index contributed by atoms with van der Waals surface area (Å²) < 4.78 is 8.44. The number of fused-ring (bicyclic) bond motifs is 1. The summed E-state index contributed by atoms with van der Waals surface area (Å²) in [6, 6.07) is 12.0. The molecule has 3 aromatic rings. The molecule has 0 radical (unpaired) electrons. The van der Waals surface area contributed by atoms with Gasteiger partial charge in [-0.1, -0.05) is 0 Å². The summed E-state index contributed by atoms with van der Waals surface area (Å²) in [6.45, 7) is 3.35. The van der Waals surface area contributed by atoms with E-state index in [0.717, 1.165) is 47.9 Å². The van der Waals surface area contributed by atoms with Crippen LogP contribution in [-0.4, -0.2) is 36.8 Å². The fraction of sp³-hybridized carbons (Fsp3) is 0.278. The summed E-state index contributed by atoms with van der Waals surface area (Å²) in [4.78, 5) is 14.8. The van der Waals surface area contributed by atoms with Gasteiger partial charge in [0.15, 0.2) is 0 Å². The minimum absolute atomic E-state index is 0.0833. The molecule has 0 spiro atoms. The van der Waals surface area contributed by atoms with Crippen molar-refractivity contribution < 1.29 is 9.53 Å². The van der Waals surface area contributed by atoms with Gasteiger partial charge in [0.25, 0.3) is 5.91 Å². The van der Waals surface area contributed by atoms with Crippen LogP contribution in [0, 0.1) is 0 Å². The Balaban J connectivity index is 1.49. The minimum Gasteiger partial charge on any atom is -0.378 e. The fourth-order valence-corrected chi connectivity index (χ4v) is 3.89. The summed E-state index contributed by atoms with van der Waals surface area (Å²) in [7, 11) is 1.92. The van der Waals surface area contributed by atoms with Crippen LogP contribution >= 0.6 is 11.3 Å². The van der Waals surface area contributed by atoms with Gasteiger partial charge in [0.2, 0.25) is 0 Å². The number of nitrogens with zero attached hydrogens (tertiary/aromatic N) is 2. The van der Waals surface area contributed by atoms with Crippen molar-refractivity contribution in [1.82, 2.24) is 4.57 Å². The molecule has 1 amide bonds. The van der Waals surface area contributed by atoms with Gasteiger partial charge in [-0.25, -0.2) is 0 Å². The lowest BCUT2D eigenvalue weighted by atomic mass is 10.2. The zero-order valence-corrected chi connectivity index (χ0v) is 14.3. The fourth-order valence-electron chi connectivity index (χ4n) is 3.04. The van der Waals surface area contributed by atoms with E-state index in [0.29, 0.717) is 5.69 Å². The van der Waals surface area contributed by atoms with Gasteiger partial charge in [0.1, 0.15) is 5.69 Å². The quantitative estimate of drug-likeness (QED) is 0.795. The molecule has 4 rings (SSSR count). The number of nitrogens with one attached hydrogen (secondary N) is 1. The predicted octanol–water partition coefficient (Wildman–Crippen LogP) is 3.33. The number of hydrogen-bond acceptors (Lipinski definition) is 4. The third-order valence-electron chi connectivity index (χ3n) is 4.40. The van der Waals surface area contributed by atoms with E-state index in [2.05, 4.69) is 10.2 Å². The van der Waals surface area contributed by atoms with E-state index in [9.17, 15) is 4.79 Å². The SMILES string of the molecule is Cn1c(C(=O)Nc2ccc(N3CCOCC3)cc2)cc2sccc21. The molecule has 24 heavy (non-hydrogen) atoms. The van der Waals surface area contributed by atoms with Gasteiger partial charge in [0, 0.05) is 31.5 Å². The van der Waals surface area contributed by atoms with Crippen molar-refractivity contribution >= 4 is 38.8 Å². The number of rotatable bonds is 3. The molecule has 1 saturated heterocycles. The molecular formula is C18H19N3O2S. The summed E-state index contributed by atoms with van der Waals surface area (Å²) in [5, 5.41) is 5.02. The number of ether oxygens (including phenoxy) is 1. The normalized spacial score (nSPS) is 15.0. The Kier molecular flexibility index (Phi) is 4.00. The third-order valence-corrected chi connectivity index (χ3v) is 5.25. The van der Waals surface area contributed by atoms with E-state index < -0.39 is 0 Å². The van der Waals surface area contributed by atoms with Crippen LogP contribution in [0.5, 0.6) is 0 Å². The highest BCUT2D eigenvalue weighted by atomic mass is 32.1. The van der Waals surface area contributed by atoms with Crippen molar-refractivity contribution in [3.63, 3.8) is 0 Å².